The van der Waals surface area contributed by atoms with E-state index < -0.39 is 0 Å². The van der Waals surface area contributed by atoms with Gasteiger partial charge in [-0.2, -0.15) is 0 Å². The monoisotopic (exact) mass is 247 g/mol. The second-order valence-electron chi connectivity index (χ2n) is 4.16. The Morgan fingerprint density at radius 3 is 2.67 bits per heavy atom. The van der Waals surface area contributed by atoms with Gasteiger partial charge in [-0.25, -0.2) is 0 Å². The zero-order chi connectivity index (χ0) is 13.0. The van der Waals surface area contributed by atoms with E-state index in [1.807, 2.05) is 12.1 Å². The molecule has 1 aromatic carbocycles. The molecule has 0 heterocycles. The molecule has 0 saturated heterocycles. The first-order valence-corrected chi connectivity index (χ1v) is 5.95. The van der Waals surface area contributed by atoms with Crippen molar-refractivity contribution in [2.45, 2.75) is 19.3 Å². The number of nitrogens with one attached hydrogen (secondary N) is 1. The van der Waals surface area contributed by atoms with Crippen LogP contribution in [0.15, 0.2) is 30.0 Å². The molecule has 0 aromatic heterocycles. The Labute approximate surface area is 107 Å². The van der Waals surface area contributed by atoms with Crippen molar-refractivity contribution in [3.63, 3.8) is 0 Å². The van der Waals surface area contributed by atoms with Gasteiger partial charge in [-0.1, -0.05) is 0 Å². The van der Waals surface area contributed by atoms with E-state index in [4.69, 9.17) is 9.47 Å². The summed E-state index contributed by atoms with van der Waals surface area (Å²) >= 11 is 0. The predicted molar refractivity (Wildman–Crippen MR) is 70.1 cm³/mol. The van der Waals surface area contributed by atoms with Crippen molar-refractivity contribution in [1.29, 1.82) is 0 Å². The number of methoxy groups -OCH3 is 2. The Kier molecular flexibility index (Phi) is 3.87. The number of carbonyl (C=O) groups is 1. The Balaban J connectivity index is 2.16. The molecule has 1 saturated carbocycles. The fraction of sp³-hybridized carbons (Fsp3) is 0.357. The van der Waals surface area contributed by atoms with Crippen molar-refractivity contribution in [2.24, 2.45) is 0 Å². The van der Waals surface area contributed by atoms with Crippen LogP contribution in [0.1, 0.15) is 19.3 Å². The average molecular weight is 247 g/mol. The first-order chi connectivity index (χ1) is 8.74. The fourth-order valence-corrected chi connectivity index (χ4v) is 1.97. The van der Waals surface area contributed by atoms with Gasteiger partial charge in [0.05, 0.1) is 19.9 Å². The number of rotatable bonds is 4. The summed E-state index contributed by atoms with van der Waals surface area (Å²) in [5, 5.41) is 3.12. The van der Waals surface area contributed by atoms with E-state index >= 15 is 0 Å². The zero-order valence-electron chi connectivity index (χ0n) is 10.7. The number of hydrogen-bond acceptors (Lipinski definition) is 4. The maximum Gasteiger partial charge on any atom is 0.160 e. The van der Waals surface area contributed by atoms with Crippen LogP contribution in [0.3, 0.4) is 0 Å². The minimum absolute atomic E-state index is 0.231. The Morgan fingerprint density at radius 1 is 1.22 bits per heavy atom. The van der Waals surface area contributed by atoms with Crippen LogP contribution in [0.25, 0.3) is 0 Å². The van der Waals surface area contributed by atoms with Gasteiger partial charge < -0.3 is 14.8 Å². The quantitative estimate of drug-likeness (QED) is 0.831. The van der Waals surface area contributed by atoms with Gasteiger partial charge in [-0.15, -0.1) is 0 Å². The lowest BCUT2D eigenvalue weighted by molar-refractivity contribution is -0.114. The Hall–Kier alpha value is -1.97. The lowest BCUT2D eigenvalue weighted by atomic mass is 10.2. The van der Waals surface area contributed by atoms with Crippen molar-refractivity contribution in [2.75, 3.05) is 19.5 Å². The fourth-order valence-electron chi connectivity index (χ4n) is 1.97. The van der Waals surface area contributed by atoms with Gasteiger partial charge in [-0.05, 0) is 25.0 Å². The summed E-state index contributed by atoms with van der Waals surface area (Å²) in [6.45, 7) is 0. The number of ketones is 1. The zero-order valence-corrected chi connectivity index (χ0v) is 10.7. The van der Waals surface area contributed by atoms with Crippen molar-refractivity contribution < 1.29 is 14.3 Å². The molecule has 1 N–H and O–H groups in total. The predicted octanol–water partition coefficient (Wildman–Crippen LogP) is 2.75. The number of benzene rings is 1. The maximum absolute atomic E-state index is 11.5. The number of ether oxygens (including phenoxy) is 2. The number of allylic oxidation sites excluding steroid dienone is 1. The highest BCUT2D eigenvalue weighted by Crippen LogP contribution is 2.29. The average Bonchev–Trinajstić information content (AvgIpc) is 2.81. The molecule has 0 atom stereocenters. The molecule has 0 radical (unpaired) electrons. The van der Waals surface area contributed by atoms with Crippen molar-refractivity contribution in [3.8, 4) is 11.5 Å². The number of anilines is 1. The van der Waals surface area contributed by atoms with Crippen molar-refractivity contribution in [1.82, 2.24) is 0 Å². The highest BCUT2D eigenvalue weighted by molar-refractivity contribution is 5.97. The Morgan fingerprint density at radius 2 is 2.06 bits per heavy atom. The van der Waals surface area contributed by atoms with Crippen LogP contribution < -0.4 is 14.8 Å². The van der Waals surface area contributed by atoms with Crippen LogP contribution in [0, 0.1) is 0 Å². The summed E-state index contributed by atoms with van der Waals surface area (Å²) in [6.07, 6.45) is 4.24. The number of carbonyl (C=O) groups excluding carboxylic acids is 1. The lowest BCUT2D eigenvalue weighted by Gasteiger charge is -2.10. The van der Waals surface area contributed by atoms with Crippen LogP contribution in [0.4, 0.5) is 5.69 Å². The molecule has 0 bridgehead atoms. The summed E-state index contributed by atoms with van der Waals surface area (Å²) in [7, 11) is 3.22. The summed E-state index contributed by atoms with van der Waals surface area (Å²) in [5.74, 6) is 1.66. The first kappa shape index (κ1) is 12.5. The third kappa shape index (κ3) is 2.64. The van der Waals surface area contributed by atoms with Gasteiger partial charge in [-0.3, -0.25) is 4.79 Å². The summed E-state index contributed by atoms with van der Waals surface area (Å²) in [4.78, 5) is 11.5. The molecular formula is C14H17NO3. The summed E-state index contributed by atoms with van der Waals surface area (Å²) in [5.41, 5.74) is 1.68. The van der Waals surface area contributed by atoms with E-state index in [9.17, 15) is 4.79 Å². The standard InChI is InChI=1S/C14H17NO3/c1-17-11-6-7-12(14(8-11)18-2)15-9-10-4-3-5-13(10)16/h6-9,15H,3-5H2,1-2H3/b10-9-. The number of hydrogen-bond donors (Lipinski definition) is 1. The van der Waals surface area contributed by atoms with E-state index in [1.54, 1.807) is 26.5 Å². The molecule has 4 heteroatoms. The lowest BCUT2D eigenvalue weighted by Crippen LogP contribution is -1.98. The minimum Gasteiger partial charge on any atom is -0.497 e. The number of Topliss-reactive ketones (excluding diaryl/α,β-unsaturated/α-hetero) is 1. The van der Waals surface area contributed by atoms with Gasteiger partial charge in [0.2, 0.25) is 0 Å². The van der Waals surface area contributed by atoms with Crippen molar-refractivity contribution in [3.05, 3.63) is 30.0 Å². The molecule has 4 nitrogen and oxygen atoms in total. The van der Waals surface area contributed by atoms with Crippen LogP contribution in [0.5, 0.6) is 11.5 Å². The van der Waals surface area contributed by atoms with E-state index in [-0.39, 0.29) is 5.78 Å². The second kappa shape index (κ2) is 5.58. The maximum atomic E-state index is 11.5. The molecule has 1 fully saturated rings. The summed E-state index contributed by atoms with van der Waals surface area (Å²) < 4.78 is 10.4. The third-order valence-corrected chi connectivity index (χ3v) is 3.02. The molecule has 0 unspecified atom stereocenters. The van der Waals surface area contributed by atoms with Crippen LogP contribution >= 0.6 is 0 Å². The molecule has 96 valence electrons. The van der Waals surface area contributed by atoms with Gasteiger partial charge in [0.1, 0.15) is 11.5 Å². The van der Waals surface area contributed by atoms with Gasteiger partial charge in [0.25, 0.3) is 0 Å². The molecule has 1 aromatic rings. The molecule has 1 aliphatic rings. The first-order valence-electron chi connectivity index (χ1n) is 5.95. The highest BCUT2D eigenvalue weighted by atomic mass is 16.5. The van der Waals surface area contributed by atoms with Gasteiger partial charge in [0.15, 0.2) is 5.78 Å². The largest absolute Gasteiger partial charge is 0.497 e. The summed E-state index contributed by atoms with van der Waals surface area (Å²) in [6, 6.07) is 5.52. The second-order valence-corrected chi connectivity index (χ2v) is 4.16. The molecule has 0 aliphatic heterocycles. The van der Waals surface area contributed by atoms with E-state index in [2.05, 4.69) is 5.32 Å². The van der Waals surface area contributed by atoms with E-state index in [1.165, 1.54) is 0 Å². The van der Waals surface area contributed by atoms with Crippen LogP contribution in [-0.4, -0.2) is 20.0 Å². The highest BCUT2D eigenvalue weighted by Gasteiger charge is 2.16. The molecule has 0 amide bonds. The van der Waals surface area contributed by atoms with E-state index in [0.717, 1.165) is 29.9 Å². The topological polar surface area (TPSA) is 47.6 Å². The SMILES string of the molecule is COc1ccc(N/C=C2/CCCC2=O)c(OC)c1. The van der Waals surface area contributed by atoms with E-state index in [0.29, 0.717) is 12.2 Å². The Bertz CT molecular complexity index is 480. The van der Waals surface area contributed by atoms with Crippen LogP contribution in [0.2, 0.25) is 0 Å². The van der Waals surface area contributed by atoms with Gasteiger partial charge in [0, 0.05) is 24.3 Å². The van der Waals surface area contributed by atoms with Crippen LogP contribution in [-0.2, 0) is 4.79 Å². The smallest absolute Gasteiger partial charge is 0.160 e. The molecular weight excluding hydrogens is 230 g/mol. The molecule has 1 aliphatic carbocycles. The molecule has 2 rings (SSSR count). The third-order valence-electron chi connectivity index (χ3n) is 3.02. The van der Waals surface area contributed by atoms with Crippen molar-refractivity contribution >= 4 is 11.5 Å². The van der Waals surface area contributed by atoms with Gasteiger partial charge >= 0.3 is 0 Å². The molecule has 18 heavy (non-hydrogen) atoms. The molecule has 0 spiro atoms. The normalized spacial score (nSPS) is 17.0. The minimum atomic E-state index is 0.231.